The summed E-state index contributed by atoms with van der Waals surface area (Å²) in [5, 5.41) is 0. The molecule has 0 spiro atoms. The van der Waals surface area contributed by atoms with Crippen LogP contribution in [0, 0.1) is 0 Å². The number of hydrogen-bond donors (Lipinski definition) is 1. The van der Waals surface area contributed by atoms with Crippen LogP contribution in [0.5, 0.6) is 0 Å². The Morgan fingerprint density at radius 3 is 1.43 bits per heavy atom. The maximum atomic E-state index is 13.9. The molecule has 1 unspecified atom stereocenters. The van der Waals surface area contributed by atoms with Crippen LogP contribution in [0.3, 0.4) is 0 Å². The summed E-state index contributed by atoms with van der Waals surface area (Å²) < 4.78 is 30.8. The molecular weight excluding hydrogens is 650 g/mol. The fourth-order valence-electron chi connectivity index (χ4n) is 5.66. The summed E-state index contributed by atoms with van der Waals surface area (Å²) in [5.74, 6) is -0.648. The second-order valence-electron chi connectivity index (χ2n) is 12.1. The molecule has 280 valence electrons. The lowest BCUT2D eigenvalue weighted by molar-refractivity contribution is -0.133. The standard InChI is InChI=1S/C27H30N2O.C13H27NO7/c1-28(25(21-29-19-11-12-20-29)22-13-5-2-6-14-22)27(30)26(23-15-7-3-8-16-23)24-17-9-4-10-18-24;1-16-2-3-17-4-5-18-6-7-19-8-9-20-10-11-21-12-13(14)15/h2-10,13-18,25-26H,11-12,19-21H2,1H3;2-12H2,1H3,(H2,14,15). The Morgan fingerprint density at radius 1 is 0.627 bits per heavy atom. The highest BCUT2D eigenvalue weighted by atomic mass is 16.6. The van der Waals surface area contributed by atoms with Gasteiger partial charge in [0.15, 0.2) is 0 Å². The maximum Gasteiger partial charge on any atom is 0.243 e. The SMILES string of the molecule is CN(C(=O)C(c1ccccc1)c1ccccc1)C(CN1CCCC1)c1ccccc1.COCCOCCOCCOCCOCCOCC(N)=O. The number of carbonyl (C=O) groups is 2. The van der Waals surface area contributed by atoms with Crippen LogP contribution < -0.4 is 5.73 Å². The Hall–Kier alpha value is -3.68. The Kier molecular flexibility index (Phi) is 21.4. The molecule has 0 aromatic heterocycles. The molecule has 1 saturated heterocycles. The lowest BCUT2D eigenvalue weighted by Crippen LogP contribution is -2.40. The van der Waals surface area contributed by atoms with Crippen molar-refractivity contribution in [2.75, 3.05) is 106 Å². The summed E-state index contributed by atoms with van der Waals surface area (Å²) in [5.41, 5.74) is 8.17. The van der Waals surface area contributed by atoms with Crippen LogP contribution >= 0.6 is 0 Å². The van der Waals surface area contributed by atoms with Gasteiger partial charge in [0, 0.05) is 20.7 Å². The first-order chi connectivity index (χ1) is 25.0. The first kappa shape index (κ1) is 41.7. The van der Waals surface area contributed by atoms with Crippen molar-refractivity contribution in [1.29, 1.82) is 0 Å². The quantitative estimate of drug-likeness (QED) is 0.136. The summed E-state index contributed by atoms with van der Waals surface area (Å²) >= 11 is 0. The number of nitrogens with two attached hydrogens (primary N) is 1. The van der Waals surface area contributed by atoms with E-state index in [0.717, 1.165) is 30.8 Å². The second-order valence-corrected chi connectivity index (χ2v) is 12.1. The number of rotatable bonds is 24. The zero-order chi connectivity index (χ0) is 36.4. The lowest BCUT2D eigenvalue weighted by Gasteiger charge is -2.34. The van der Waals surface area contributed by atoms with E-state index in [0.29, 0.717) is 66.1 Å². The number of methoxy groups -OCH3 is 1. The minimum Gasteiger partial charge on any atom is -0.382 e. The van der Waals surface area contributed by atoms with Gasteiger partial charge in [-0.05, 0) is 42.6 Å². The number of hydrogen-bond acceptors (Lipinski definition) is 9. The van der Waals surface area contributed by atoms with Crippen LogP contribution in [0.1, 0.15) is 41.5 Å². The van der Waals surface area contributed by atoms with Crippen molar-refractivity contribution in [3.05, 3.63) is 108 Å². The largest absolute Gasteiger partial charge is 0.382 e. The van der Waals surface area contributed by atoms with Gasteiger partial charge in [0.05, 0.1) is 78.0 Å². The van der Waals surface area contributed by atoms with E-state index >= 15 is 0 Å². The Bertz CT molecular complexity index is 1270. The molecule has 0 bridgehead atoms. The van der Waals surface area contributed by atoms with Crippen LogP contribution in [-0.2, 0) is 38.0 Å². The average Bonchev–Trinajstić information content (AvgIpc) is 3.68. The van der Waals surface area contributed by atoms with Crippen molar-refractivity contribution in [2.45, 2.75) is 24.8 Å². The number of nitrogens with zero attached hydrogens (tertiary/aromatic N) is 2. The van der Waals surface area contributed by atoms with E-state index in [9.17, 15) is 9.59 Å². The number of ether oxygens (including phenoxy) is 6. The molecule has 1 fully saturated rings. The third-order valence-electron chi connectivity index (χ3n) is 8.31. The van der Waals surface area contributed by atoms with Crippen LogP contribution in [0.15, 0.2) is 91.0 Å². The molecule has 1 heterocycles. The monoisotopic (exact) mass is 707 g/mol. The molecule has 3 aromatic rings. The highest BCUT2D eigenvalue weighted by molar-refractivity contribution is 5.87. The van der Waals surface area contributed by atoms with Gasteiger partial charge in [-0.3, -0.25) is 9.59 Å². The van der Waals surface area contributed by atoms with Crippen molar-refractivity contribution < 1.29 is 38.0 Å². The second kappa shape index (κ2) is 26.1. The van der Waals surface area contributed by atoms with Crippen LogP contribution in [0.4, 0.5) is 0 Å². The number of likely N-dealkylation sites (N-methyl/N-ethyl adjacent to an activating group) is 1. The summed E-state index contributed by atoms with van der Waals surface area (Å²) in [6, 6.07) is 30.8. The summed E-state index contributed by atoms with van der Waals surface area (Å²) in [7, 11) is 3.60. The van der Waals surface area contributed by atoms with Crippen molar-refractivity contribution in [2.24, 2.45) is 5.73 Å². The van der Waals surface area contributed by atoms with E-state index in [-0.39, 0.29) is 24.5 Å². The zero-order valence-electron chi connectivity index (χ0n) is 30.4. The predicted molar refractivity (Wildman–Crippen MR) is 198 cm³/mol. The van der Waals surface area contributed by atoms with Gasteiger partial charge in [0.2, 0.25) is 11.8 Å². The van der Waals surface area contributed by atoms with Crippen LogP contribution in [0.2, 0.25) is 0 Å². The molecule has 1 atom stereocenters. The molecule has 3 aromatic carbocycles. The number of amides is 2. The molecule has 2 N–H and O–H groups in total. The topological polar surface area (TPSA) is 122 Å². The van der Waals surface area contributed by atoms with E-state index in [1.165, 1.54) is 18.4 Å². The van der Waals surface area contributed by atoms with E-state index in [1.54, 1.807) is 7.11 Å². The molecule has 0 saturated carbocycles. The minimum absolute atomic E-state index is 0.0340. The highest BCUT2D eigenvalue weighted by Crippen LogP contribution is 2.31. The van der Waals surface area contributed by atoms with Crippen molar-refractivity contribution in [3.8, 4) is 0 Å². The molecule has 11 heteroatoms. The third-order valence-corrected chi connectivity index (χ3v) is 8.31. The molecule has 1 aliphatic rings. The number of primary amides is 1. The number of benzene rings is 3. The van der Waals surface area contributed by atoms with Crippen molar-refractivity contribution in [1.82, 2.24) is 9.80 Å². The highest BCUT2D eigenvalue weighted by Gasteiger charge is 2.31. The summed E-state index contributed by atoms with van der Waals surface area (Å²) in [6.07, 6.45) is 2.49. The predicted octanol–water partition coefficient (Wildman–Crippen LogP) is 4.32. The van der Waals surface area contributed by atoms with Gasteiger partial charge in [-0.1, -0.05) is 91.0 Å². The third kappa shape index (κ3) is 16.9. The van der Waals surface area contributed by atoms with Crippen molar-refractivity contribution >= 4 is 11.8 Å². The maximum absolute atomic E-state index is 13.9. The van der Waals surface area contributed by atoms with E-state index in [1.807, 2.05) is 54.4 Å². The number of likely N-dealkylation sites (tertiary alicyclic amines) is 1. The van der Waals surface area contributed by atoms with Gasteiger partial charge in [-0.2, -0.15) is 0 Å². The average molecular weight is 708 g/mol. The molecule has 11 nitrogen and oxygen atoms in total. The van der Waals surface area contributed by atoms with Gasteiger partial charge in [-0.15, -0.1) is 0 Å². The molecule has 2 amide bonds. The molecule has 51 heavy (non-hydrogen) atoms. The lowest BCUT2D eigenvalue weighted by atomic mass is 9.89. The van der Waals surface area contributed by atoms with Gasteiger partial charge < -0.3 is 44.0 Å². The van der Waals surface area contributed by atoms with Crippen molar-refractivity contribution in [3.63, 3.8) is 0 Å². The van der Waals surface area contributed by atoms with Gasteiger partial charge >= 0.3 is 0 Å². The zero-order valence-corrected chi connectivity index (χ0v) is 30.4. The fraction of sp³-hybridized carbons (Fsp3) is 0.500. The summed E-state index contributed by atoms with van der Waals surface area (Å²) in [6.45, 7) is 8.05. The van der Waals surface area contributed by atoms with Gasteiger partial charge in [0.1, 0.15) is 6.61 Å². The van der Waals surface area contributed by atoms with Crippen LogP contribution in [0.25, 0.3) is 0 Å². The fourth-order valence-corrected chi connectivity index (χ4v) is 5.66. The Morgan fingerprint density at radius 2 is 1.02 bits per heavy atom. The summed E-state index contributed by atoms with van der Waals surface area (Å²) in [4.78, 5) is 28.8. The normalized spacial score (nSPS) is 13.5. The first-order valence-corrected chi connectivity index (χ1v) is 17.8. The van der Waals surface area contributed by atoms with Gasteiger partial charge in [0.25, 0.3) is 0 Å². The first-order valence-electron chi connectivity index (χ1n) is 17.8. The number of carbonyl (C=O) groups excluding carboxylic acids is 2. The molecular formula is C40H57N3O8. The molecule has 0 radical (unpaired) electrons. The Labute approximate surface area is 303 Å². The Balaban J connectivity index is 0.000000297. The van der Waals surface area contributed by atoms with Gasteiger partial charge in [-0.25, -0.2) is 0 Å². The minimum atomic E-state index is -0.484. The molecule has 4 rings (SSSR count). The van der Waals surface area contributed by atoms with E-state index in [4.69, 9.17) is 34.2 Å². The van der Waals surface area contributed by atoms with E-state index < -0.39 is 5.91 Å². The smallest absolute Gasteiger partial charge is 0.243 e. The van der Waals surface area contributed by atoms with E-state index in [2.05, 4.69) is 53.4 Å². The molecule has 1 aliphatic heterocycles. The van der Waals surface area contributed by atoms with Crippen LogP contribution in [-0.4, -0.2) is 128 Å². The molecule has 0 aliphatic carbocycles.